The molecular weight excluding hydrogens is 405 g/mol. The van der Waals surface area contributed by atoms with Crippen LogP contribution >= 0.6 is 23.2 Å². The Balaban J connectivity index is 1.67. The maximum atomic E-state index is 13.3. The number of carbonyl (C=O) groups is 2. The number of β-amino-alcohol motifs (C(OH)–C–C–N with tert-alkyl or cyclic N) is 1. The topological polar surface area (TPSA) is 79.7 Å². The third-order valence-corrected chi connectivity index (χ3v) is 5.91. The highest BCUT2D eigenvalue weighted by Crippen LogP contribution is 2.35. The van der Waals surface area contributed by atoms with Gasteiger partial charge in [0, 0.05) is 41.1 Å². The maximum absolute atomic E-state index is 13.3. The summed E-state index contributed by atoms with van der Waals surface area (Å²) in [6, 6.07) is 3.93. The number of likely N-dealkylation sites (N-methyl/N-ethyl adjacent to an activating group) is 1. The van der Waals surface area contributed by atoms with E-state index in [0.29, 0.717) is 28.1 Å². The summed E-state index contributed by atoms with van der Waals surface area (Å²) < 4.78 is 0. The first-order chi connectivity index (χ1) is 13.3. The standard InChI is InChI=1S/C18H19Cl2N5O3/c1-10-8-24-14-15(21-17(24)23(10)6-7-26)22(2)18(28)25(16(14)27)9-11-12(19)4-3-5-13(11)20/h3-5,8,14-15,26H,6-7,9H2,1-2H3. The summed E-state index contributed by atoms with van der Waals surface area (Å²) in [5.74, 6) is 0.199. The molecule has 0 bridgehead atoms. The minimum atomic E-state index is -0.669. The number of rotatable bonds is 4. The molecule has 2 atom stereocenters. The zero-order valence-electron chi connectivity index (χ0n) is 15.3. The molecule has 3 amide bonds. The van der Waals surface area contributed by atoms with Crippen molar-refractivity contribution in [2.45, 2.75) is 25.7 Å². The lowest BCUT2D eigenvalue weighted by Crippen LogP contribution is -2.63. The molecule has 3 aliphatic rings. The fraction of sp³-hybridized carbons (Fsp3) is 0.389. The number of fused-ring (bicyclic) bond motifs is 3. The van der Waals surface area contributed by atoms with Crippen LogP contribution in [0.3, 0.4) is 0 Å². The van der Waals surface area contributed by atoms with Gasteiger partial charge in [0.05, 0.1) is 13.2 Å². The van der Waals surface area contributed by atoms with Crippen molar-refractivity contribution >= 4 is 41.1 Å². The zero-order valence-corrected chi connectivity index (χ0v) is 16.9. The number of benzene rings is 1. The van der Waals surface area contributed by atoms with Crippen LogP contribution in [-0.4, -0.2) is 75.0 Å². The van der Waals surface area contributed by atoms with Crippen LogP contribution in [0.15, 0.2) is 35.1 Å². The molecule has 1 aromatic carbocycles. The van der Waals surface area contributed by atoms with Crippen molar-refractivity contribution in [2.24, 2.45) is 4.99 Å². The van der Waals surface area contributed by atoms with Crippen molar-refractivity contribution in [1.82, 2.24) is 19.6 Å². The number of aliphatic imine (C=N–C) groups is 1. The quantitative estimate of drug-likeness (QED) is 0.799. The number of aliphatic hydroxyl groups is 1. The number of nitrogens with zero attached hydrogens (tertiary/aromatic N) is 5. The molecule has 8 nitrogen and oxygen atoms in total. The number of urea groups is 1. The van der Waals surface area contributed by atoms with Gasteiger partial charge >= 0.3 is 6.03 Å². The lowest BCUT2D eigenvalue weighted by Gasteiger charge is -2.40. The van der Waals surface area contributed by atoms with Crippen LogP contribution in [0.4, 0.5) is 4.79 Å². The van der Waals surface area contributed by atoms with Crippen LogP contribution in [-0.2, 0) is 11.3 Å². The van der Waals surface area contributed by atoms with Gasteiger partial charge in [-0.25, -0.2) is 9.79 Å². The Morgan fingerprint density at radius 2 is 1.86 bits per heavy atom. The fourth-order valence-corrected chi connectivity index (χ4v) is 4.28. The largest absolute Gasteiger partial charge is 0.395 e. The molecule has 0 aliphatic carbocycles. The van der Waals surface area contributed by atoms with Crippen LogP contribution in [0.25, 0.3) is 0 Å². The molecule has 1 fully saturated rings. The van der Waals surface area contributed by atoms with Gasteiger partial charge in [0.1, 0.15) is 0 Å². The number of hydrogen-bond donors (Lipinski definition) is 1. The predicted molar refractivity (Wildman–Crippen MR) is 105 cm³/mol. The van der Waals surface area contributed by atoms with E-state index in [1.165, 1.54) is 4.90 Å². The number of halogens is 2. The highest BCUT2D eigenvalue weighted by Gasteiger charge is 2.54. The van der Waals surface area contributed by atoms with Gasteiger partial charge in [-0.3, -0.25) is 9.69 Å². The van der Waals surface area contributed by atoms with Gasteiger partial charge in [0.25, 0.3) is 5.91 Å². The summed E-state index contributed by atoms with van der Waals surface area (Å²) in [5.41, 5.74) is 1.40. The highest BCUT2D eigenvalue weighted by atomic mass is 35.5. The van der Waals surface area contributed by atoms with Crippen LogP contribution in [0, 0.1) is 0 Å². The van der Waals surface area contributed by atoms with Crippen molar-refractivity contribution < 1.29 is 14.7 Å². The van der Waals surface area contributed by atoms with Crippen molar-refractivity contribution in [3.63, 3.8) is 0 Å². The summed E-state index contributed by atoms with van der Waals surface area (Å²) >= 11 is 12.5. The normalized spacial score (nSPS) is 23.9. The molecule has 1 saturated heterocycles. The molecule has 28 heavy (non-hydrogen) atoms. The first kappa shape index (κ1) is 19.0. The Bertz CT molecular complexity index is 898. The summed E-state index contributed by atoms with van der Waals surface area (Å²) in [6.45, 7) is 2.18. The summed E-state index contributed by atoms with van der Waals surface area (Å²) in [6.07, 6.45) is 1.19. The van der Waals surface area contributed by atoms with E-state index < -0.39 is 18.2 Å². The van der Waals surface area contributed by atoms with Gasteiger partial charge in [-0.1, -0.05) is 29.3 Å². The minimum absolute atomic E-state index is 0.0179. The third kappa shape index (κ3) is 2.75. The Kier molecular flexibility index (Phi) is 4.73. The van der Waals surface area contributed by atoms with E-state index in [-0.39, 0.29) is 19.1 Å². The summed E-state index contributed by atoms with van der Waals surface area (Å²) in [7, 11) is 1.62. The van der Waals surface area contributed by atoms with Crippen molar-refractivity contribution in [3.05, 3.63) is 45.7 Å². The van der Waals surface area contributed by atoms with E-state index in [9.17, 15) is 14.7 Å². The van der Waals surface area contributed by atoms with E-state index in [2.05, 4.69) is 4.99 Å². The lowest BCUT2D eigenvalue weighted by atomic mass is 10.1. The van der Waals surface area contributed by atoms with Gasteiger partial charge in [-0.2, -0.15) is 0 Å². The number of hydrogen-bond acceptors (Lipinski definition) is 6. The number of carbonyl (C=O) groups excluding carboxylic acids is 2. The van der Waals surface area contributed by atoms with Gasteiger partial charge in [-0.15, -0.1) is 0 Å². The molecule has 2 unspecified atom stereocenters. The van der Waals surface area contributed by atoms with E-state index in [1.54, 1.807) is 30.1 Å². The number of allylic oxidation sites excluding steroid dienone is 1. The van der Waals surface area contributed by atoms with Gasteiger partial charge in [0.2, 0.25) is 5.96 Å². The Hall–Kier alpha value is -2.29. The van der Waals surface area contributed by atoms with Gasteiger partial charge < -0.3 is 19.8 Å². The molecule has 0 spiro atoms. The second kappa shape index (κ2) is 6.95. The average molecular weight is 424 g/mol. The summed E-state index contributed by atoms with van der Waals surface area (Å²) in [5, 5.41) is 10.1. The first-order valence-electron chi connectivity index (χ1n) is 8.79. The smallest absolute Gasteiger partial charge is 0.328 e. The lowest BCUT2D eigenvalue weighted by molar-refractivity contribution is -0.137. The molecule has 4 rings (SSSR count). The fourth-order valence-electron chi connectivity index (χ4n) is 3.77. The van der Waals surface area contributed by atoms with Crippen LogP contribution in [0.2, 0.25) is 10.0 Å². The van der Waals surface area contributed by atoms with Crippen LogP contribution in [0.5, 0.6) is 0 Å². The summed E-state index contributed by atoms with van der Waals surface area (Å²) in [4.78, 5) is 37.0. The van der Waals surface area contributed by atoms with E-state index in [0.717, 1.165) is 10.6 Å². The van der Waals surface area contributed by atoms with Crippen LogP contribution < -0.4 is 0 Å². The van der Waals surface area contributed by atoms with Gasteiger partial charge in [-0.05, 0) is 19.1 Å². The predicted octanol–water partition coefficient (Wildman–Crippen LogP) is 1.92. The SMILES string of the molecule is CC1=CN2C(=NC3C2C(=O)N(Cc2c(Cl)cccc2Cl)C(=O)N3C)N1CCO. The molecule has 148 valence electrons. The highest BCUT2D eigenvalue weighted by molar-refractivity contribution is 6.36. The van der Waals surface area contributed by atoms with E-state index in [1.807, 2.05) is 18.0 Å². The third-order valence-electron chi connectivity index (χ3n) is 5.20. The molecule has 3 heterocycles. The van der Waals surface area contributed by atoms with Crippen molar-refractivity contribution in [3.8, 4) is 0 Å². The molecule has 0 saturated carbocycles. The Labute approximate surface area is 172 Å². The molecular formula is C18H19Cl2N5O3. The second-order valence-corrected chi connectivity index (χ2v) is 7.67. The maximum Gasteiger partial charge on any atom is 0.328 e. The minimum Gasteiger partial charge on any atom is -0.395 e. The molecule has 0 radical (unpaired) electrons. The molecule has 0 aromatic heterocycles. The molecule has 1 N–H and O–H groups in total. The first-order valence-corrected chi connectivity index (χ1v) is 9.54. The Morgan fingerprint density at radius 3 is 2.50 bits per heavy atom. The van der Waals surface area contributed by atoms with Gasteiger partial charge in [0.15, 0.2) is 12.2 Å². The number of aliphatic hydroxyl groups excluding tert-OH is 1. The number of guanidine groups is 1. The molecule has 3 aliphatic heterocycles. The average Bonchev–Trinajstić information content (AvgIpc) is 3.15. The molecule has 10 heteroatoms. The Morgan fingerprint density at radius 1 is 1.18 bits per heavy atom. The van der Waals surface area contributed by atoms with Crippen molar-refractivity contribution in [1.29, 1.82) is 0 Å². The molecule has 1 aromatic rings. The van der Waals surface area contributed by atoms with Crippen molar-refractivity contribution in [2.75, 3.05) is 20.2 Å². The monoisotopic (exact) mass is 423 g/mol. The zero-order chi connectivity index (χ0) is 20.2. The van der Waals surface area contributed by atoms with Crippen LogP contribution in [0.1, 0.15) is 12.5 Å². The number of imide groups is 1. The number of amides is 3. The van der Waals surface area contributed by atoms with E-state index >= 15 is 0 Å². The second-order valence-electron chi connectivity index (χ2n) is 6.86. The van der Waals surface area contributed by atoms with E-state index in [4.69, 9.17) is 23.2 Å².